The molecular weight excluding hydrogens is 434 g/mol. The van der Waals surface area contributed by atoms with Crippen molar-refractivity contribution in [2.75, 3.05) is 27.3 Å². The van der Waals surface area contributed by atoms with Crippen LogP contribution < -0.4 is 9.47 Å². The van der Waals surface area contributed by atoms with E-state index in [0.717, 1.165) is 64.5 Å². The molecule has 0 fully saturated rings. The molecule has 0 bridgehead atoms. The van der Waals surface area contributed by atoms with Crippen LogP contribution in [-0.4, -0.2) is 37.2 Å². The number of rotatable bonds is 6. The number of ether oxygens (including phenoxy) is 2. The molecule has 0 amide bonds. The molecule has 1 aromatic heterocycles. The van der Waals surface area contributed by atoms with Gasteiger partial charge < -0.3 is 9.47 Å². The van der Waals surface area contributed by atoms with Gasteiger partial charge in [0, 0.05) is 24.2 Å². The molecule has 0 atom stereocenters. The van der Waals surface area contributed by atoms with Crippen molar-refractivity contribution in [3.05, 3.63) is 76.1 Å². The summed E-state index contributed by atoms with van der Waals surface area (Å²) < 4.78 is 10.6. The smallest absolute Gasteiger partial charge is 0.148 e. The van der Waals surface area contributed by atoms with Crippen LogP contribution in [0.25, 0.3) is 22.8 Å². The average molecular weight is 460 g/mol. The van der Waals surface area contributed by atoms with Crippen LogP contribution in [0.2, 0.25) is 5.15 Å². The second-order valence-electron chi connectivity index (χ2n) is 7.97. The van der Waals surface area contributed by atoms with Crippen LogP contribution in [0.15, 0.2) is 48.5 Å². The molecule has 1 aliphatic rings. The Kier molecular flexibility index (Phi) is 6.98. The molecular formula is C27H26ClN3O2. The van der Waals surface area contributed by atoms with Crippen LogP contribution in [-0.2, 0) is 6.54 Å². The lowest BCUT2D eigenvalue weighted by Gasteiger charge is -2.32. The largest absolute Gasteiger partial charge is 0.497 e. The third-order valence-electron chi connectivity index (χ3n) is 5.82. The Morgan fingerprint density at radius 3 is 2.24 bits per heavy atom. The summed E-state index contributed by atoms with van der Waals surface area (Å²) in [6.07, 6.45) is 3.18. The number of aromatic nitrogens is 1. The molecule has 0 saturated heterocycles. The van der Waals surface area contributed by atoms with Crippen molar-refractivity contribution in [2.45, 2.75) is 19.9 Å². The van der Waals surface area contributed by atoms with E-state index < -0.39 is 0 Å². The summed E-state index contributed by atoms with van der Waals surface area (Å²) in [5.41, 5.74) is 6.20. The Labute approximate surface area is 199 Å². The normalized spacial score (nSPS) is 14.6. The highest BCUT2D eigenvalue weighted by atomic mass is 35.5. The Morgan fingerprint density at radius 2 is 1.67 bits per heavy atom. The molecule has 1 aliphatic heterocycles. The summed E-state index contributed by atoms with van der Waals surface area (Å²) in [6, 6.07) is 18.0. The highest BCUT2D eigenvalue weighted by molar-refractivity contribution is 6.31. The van der Waals surface area contributed by atoms with E-state index in [4.69, 9.17) is 26.1 Å². The van der Waals surface area contributed by atoms with E-state index in [1.165, 1.54) is 0 Å². The van der Waals surface area contributed by atoms with Gasteiger partial charge in [-0.2, -0.15) is 5.26 Å². The summed E-state index contributed by atoms with van der Waals surface area (Å²) in [7, 11) is 3.30. The zero-order chi connectivity index (χ0) is 23.4. The van der Waals surface area contributed by atoms with E-state index in [1.54, 1.807) is 14.2 Å². The molecule has 0 N–H and O–H groups in total. The fourth-order valence-electron chi connectivity index (χ4n) is 4.28. The maximum atomic E-state index is 9.94. The van der Waals surface area contributed by atoms with Crippen molar-refractivity contribution in [3.63, 3.8) is 0 Å². The van der Waals surface area contributed by atoms with E-state index in [1.807, 2.05) is 48.5 Å². The molecule has 0 radical (unpaired) electrons. The van der Waals surface area contributed by atoms with E-state index in [-0.39, 0.29) is 5.15 Å². The SMILES string of the molecule is CCCN1C/C(=C\c2ccc(OC)cc2)c2nc(Cl)c(C#N)c(-c3ccc(OC)cc3)c2C1. The molecule has 2 aromatic carbocycles. The van der Waals surface area contributed by atoms with Crippen LogP contribution in [0.4, 0.5) is 0 Å². The number of nitriles is 1. The maximum absolute atomic E-state index is 9.94. The van der Waals surface area contributed by atoms with Crippen molar-refractivity contribution < 1.29 is 9.47 Å². The molecule has 0 spiro atoms. The van der Waals surface area contributed by atoms with Crippen molar-refractivity contribution in [3.8, 4) is 28.7 Å². The first-order chi connectivity index (χ1) is 16.1. The molecule has 6 heteroatoms. The predicted molar refractivity (Wildman–Crippen MR) is 132 cm³/mol. The molecule has 0 aliphatic carbocycles. The Hall–Kier alpha value is -3.33. The van der Waals surface area contributed by atoms with Gasteiger partial charge in [0.2, 0.25) is 0 Å². The first kappa shape index (κ1) is 22.8. The van der Waals surface area contributed by atoms with Crippen molar-refractivity contribution in [1.82, 2.24) is 9.88 Å². The third kappa shape index (κ3) is 4.73. The molecule has 4 rings (SSSR count). The van der Waals surface area contributed by atoms with E-state index in [2.05, 4.69) is 24.0 Å². The second-order valence-corrected chi connectivity index (χ2v) is 8.33. The van der Waals surface area contributed by atoms with Gasteiger partial charge >= 0.3 is 0 Å². The zero-order valence-electron chi connectivity index (χ0n) is 19.1. The van der Waals surface area contributed by atoms with Gasteiger partial charge in [0.25, 0.3) is 0 Å². The molecule has 0 unspecified atom stereocenters. The number of hydrogen-bond acceptors (Lipinski definition) is 5. The third-order valence-corrected chi connectivity index (χ3v) is 6.09. The number of halogens is 1. The minimum absolute atomic E-state index is 0.228. The van der Waals surface area contributed by atoms with E-state index in [0.29, 0.717) is 12.1 Å². The summed E-state index contributed by atoms with van der Waals surface area (Å²) >= 11 is 6.56. The van der Waals surface area contributed by atoms with Crippen molar-refractivity contribution >= 4 is 23.3 Å². The predicted octanol–water partition coefficient (Wildman–Crippen LogP) is 6.06. The number of methoxy groups -OCH3 is 2. The first-order valence-electron chi connectivity index (χ1n) is 10.9. The maximum Gasteiger partial charge on any atom is 0.148 e. The Balaban J connectivity index is 1.91. The molecule has 2 heterocycles. The van der Waals surface area contributed by atoms with Gasteiger partial charge in [0.15, 0.2) is 0 Å². The molecule has 33 heavy (non-hydrogen) atoms. The van der Waals surface area contributed by atoms with Crippen molar-refractivity contribution in [1.29, 1.82) is 5.26 Å². The number of hydrogen-bond donors (Lipinski definition) is 0. The van der Waals surface area contributed by atoms with Crippen molar-refractivity contribution in [2.24, 2.45) is 0 Å². The summed E-state index contributed by atoms with van der Waals surface area (Å²) in [4.78, 5) is 7.10. The lowest BCUT2D eigenvalue weighted by molar-refractivity contribution is 0.291. The topological polar surface area (TPSA) is 58.4 Å². The quantitative estimate of drug-likeness (QED) is 0.419. The fourth-order valence-corrected chi connectivity index (χ4v) is 4.50. The summed E-state index contributed by atoms with van der Waals surface area (Å²) in [5.74, 6) is 1.58. The van der Waals surface area contributed by atoms with Crippen LogP contribution in [0.1, 0.15) is 35.7 Å². The highest BCUT2D eigenvalue weighted by Crippen LogP contribution is 2.39. The summed E-state index contributed by atoms with van der Waals surface area (Å²) in [6.45, 7) is 4.60. The van der Waals surface area contributed by atoms with Gasteiger partial charge in [-0.3, -0.25) is 4.90 Å². The molecule has 0 saturated carbocycles. The van der Waals surface area contributed by atoms with Crippen LogP contribution in [0.5, 0.6) is 11.5 Å². The standard InChI is InChI=1S/C27H26ClN3O2/c1-4-13-31-16-20(14-18-5-9-21(32-2)10-6-18)26-24(17-31)25(23(15-29)27(28)30-26)19-7-11-22(33-3)12-8-19/h5-12,14H,4,13,16-17H2,1-3H3/b20-14+. The minimum Gasteiger partial charge on any atom is -0.497 e. The number of nitrogens with zero attached hydrogens (tertiary/aromatic N) is 3. The lowest BCUT2D eigenvalue weighted by atomic mass is 9.89. The van der Waals surface area contributed by atoms with Gasteiger partial charge in [0.05, 0.1) is 25.5 Å². The van der Waals surface area contributed by atoms with E-state index >= 15 is 0 Å². The minimum atomic E-state index is 0.228. The number of fused-ring (bicyclic) bond motifs is 1. The molecule has 3 aromatic rings. The highest BCUT2D eigenvalue weighted by Gasteiger charge is 2.28. The van der Waals surface area contributed by atoms with Crippen LogP contribution in [0, 0.1) is 11.3 Å². The van der Waals surface area contributed by atoms with Gasteiger partial charge in [-0.15, -0.1) is 0 Å². The molecule has 168 valence electrons. The molecule has 5 nitrogen and oxygen atoms in total. The monoisotopic (exact) mass is 459 g/mol. The average Bonchev–Trinajstić information content (AvgIpc) is 2.84. The lowest BCUT2D eigenvalue weighted by Crippen LogP contribution is -2.31. The van der Waals surface area contributed by atoms with Gasteiger partial charge in [-0.1, -0.05) is 42.8 Å². The summed E-state index contributed by atoms with van der Waals surface area (Å²) in [5, 5.41) is 10.2. The number of pyridine rings is 1. The van der Waals surface area contributed by atoms with Crippen LogP contribution >= 0.6 is 11.6 Å². The number of benzene rings is 2. The van der Waals surface area contributed by atoms with Crippen LogP contribution in [0.3, 0.4) is 0 Å². The Bertz CT molecular complexity index is 1210. The first-order valence-corrected chi connectivity index (χ1v) is 11.3. The van der Waals surface area contributed by atoms with Gasteiger partial charge in [-0.25, -0.2) is 4.98 Å². The Morgan fingerprint density at radius 1 is 1.03 bits per heavy atom. The fraction of sp³-hybridized carbons (Fsp3) is 0.259. The second kappa shape index (κ2) is 10.1. The van der Waals surface area contributed by atoms with Gasteiger partial charge in [-0.05, 0) is 60.0 Å². The van der Waals surface area contributed by atoms with E-state index in [9.17, 15) is 5.26 Å². The van der Waals surface area contributed by atoms with Gasteiger partial charge in [0.1, 0.15) is 22.7 Å². The zero-order valence-corrected chi connectivity index (χ0v) is 19.8.